The van der Waals surface area contributed by atoms with Gasteiger partial charge in [0.25, 0.3) is 0 Å². The molecule has 0 spiro atoms. The Labute approximate surface area is 184 Å². The van der Waals surface area contributed by atoms with Gasteiger partial charge in [-0.25, -0.2) is 4.79 Å². The Balaban J connectivity index is -0.000000466. The summed E-state index contributed by atoms with van der Waals surface area (Å²) in [7, 11) is 0. The normalized spacial score (nSPS) is 10.3. The molecule has 0 fully saturated rings. The Morgan fingerprint density at radius 3 is 1.47 bits per heavy atom. The molecule has 0 saturated heterocycles. The number of rotatable bonds is 10. The van der Waals surface area contributed by atoms with Gasteiger partial charge >= 0.3 is 47.0 Å². The van der Waals surface area contributed by atoms with E-state index in [2.05, 4.69) is 4.74 Å². The molecule has 0 rings (SSSR count). The molecule has 30 heavy (non-hydrogen) atoms. The van der Waals surface area contributed by atoms with Crippen molar-refractivity contribution in [1.29, 1.82) is 0 Å². The van der Waals surface area contributed by atoms with Crippen molar-refractivity contribution in [3.63, 3.8) is 0 Å². The van der Waals surface area contributed by atoms with Crippen LogP contribution in [0.3, 0.4) is 0 Å². The Kier molecular flexibility index (Phi) is 20.4. The molecule has 0 aromatic carbocycles. The molecule has 176 valence electrons. The first-order valence-electron chi connectivity index (χ1n) is 9.26. The molecule has 0 saturated carbocycles. The van der Waals surface area contributed by atoms with Crippen LogP contribution in [0.4, 0.5) is 0 Å². The molecular weight excluding hydrogens is 440 g/mol. The number of Topliss-reactive ketones (excluding diaryl/α,β-unsaturated/α-hetero) is 2. The van der Waals surface area contributed by atoms with Crippen molar-refractivity contribution >= 4 is 23.5 Å². The Hall–Kier alpha value is -1.37. The van der Waals surface area contributed by atoms with Gasteiger partial charge in [0, 0.05) is 6.92 Å². The van der Waals surface area contributed by atoms with Crippen LogP contribution < -0.4 is 0 Å². The summed E-state index contributed by atoms with van der Waals surface area (Å²) in [6.45, 7) is 13.4. The SMILES string of the molecule is CCOC(=O)C(OC(C)C)(OC(C)C)C(C)=O.CCOC(=O)CC(C)=O.[O]=[Ti]([OH])[OH]. The Morgan fingerprint density at radius 1 is 0.867 bits per heavy atom. The molecule has 0 heterocycles. The van der Waals surface area contributed by atoms with E-state index < -0.39 is 42.1 Å². The van der Waals surface area contributed by atoms with E-state index in [9.17, 15) is 19.2 Å². The van der Waals surface area contributed by atoms with E-state index in [-0.39, 0.29) is 31.0 Å². The van der Waals surface area contributed by atoms with Gasteiger partial charge in [-0.15, -0.1) is 0 Å². The van der Waals surface area contributed by atoms with Crippen molar-refractivity contribution in [3.8, 4) is 0 Å². The summed E-state index contributed by atoms with van der Waals surface area (Å²) in [5, 5.41) is 0. The molecule has 0 aliphatic carbocycles. The van der Waals surface area contributed by atoms with Crippen LogP contribution in [0.15, 0.2) is 0 Å². The van der Waals surface area contributed by atoms with Crippen molar-refractivity contribution in [2.75, 3.05) is 13.2 Å². The third-order valence-corrected chi connectivity index (χ3v) is 2.51. The molecule has 0 atom stereocenters. The first-order valence-corrected chi connectivity index (χ1v) is 11.3. The van der Waals surface area contributed by atoms with E-state index in [1.54, 1.807) is 41.5 Å². The fourth-order valence-corrected chi connectivity index (χ4v) is 1.74. The summed E-state index contributed by atoms with van der Waals surface area (Å²) in [4.78, 5) is 44.2. The second-order valence-corrected chi connectivity index (χ2v) is 7.08. The number of hydrogen-bond donors (Lipinski definition) is 2. The van der Waals surface area contributed by atoms with Crippen molar-refractivity contribution in [3.05, 3.63) is 0 Å². The van der Waals surface area contributed by atoms with Crippen LogP contribution in [0.5, 0.6) is 0 Å². The molecule has 12 heteroatoms. The third kappa shape index (κ3) is 18.6. The van der Waals surface area contributed by atoms with Crippen LogP contribution in [0, 0.1) is 0 Å². The Bertz CT molecular complexity index is 544. The van der Waals surface area contributed by atoms with Gasteiger partial charge in [-0.05, 0) is 48.5 Å². The molecule has 0 bridgehead atoms. The summed E-state index contributed by atoms with van der Waals surface area (Å²) in [6, 6.07) is 0. The number of ether oxygens (including phenoxy) is 4. The second kappa shape index (κ2) is 18.4. The van der Waals surface area contributed by atoms with Gasteiger partial charge in [0.15, 0.2) is 0 Å². The molecule has 0 unspecified atom stereocenters. The predicted molar refractivity (Wildman–Crippen MR) is 99.5 cm³/mol. The molecule has 0 aromatic heterocycles. The number of carbonyl (C=O) groups is 4. The van der Waals surface area contributed by atoms with Crippen LogP contribution in [-0.2, 0) is 60.1 Å². The van der Waals surface area contributed by atoms with Crippen molar-refractivity contribution in [2.24, 2.45) is 0 Å². The van der Waals surface area contributed by atoms with Gasteiger partial charge in [-0.2, -0.15) is 0 Å². The molecule has 2 N–H and O–H groups in total. The second-order valence-electron chi connectivity index (χ2n) is 6.19. The quantitative estimate of drug-likeness (QED) is 0.201. The zero-order valence-corrected chi connectivity index (χ0v) is 20.4. The zero-order valence-electron chi connectivity index (χ0n) is 18.8. The molecule has 0 aromatic rings. The van der Waals surface area contributed by atoms with E-state index in [1.165, 1.54) is 13.8 Å². The summed E-state index contributed by atoms with van der Waals surface area (Å²) in [6.07, 6.45) is -0.766. The van der Waals surface area contributed by atoms with Crippen molar-refractivity contribution < 1.29 is 67.4 Å². The molecule has 0 aliphatic rings. The molecule has 0 aliphatic heterocycles. The first kappa shape index (κ1) is 33.3. The van der Waals surface area contributed by atoms with E-state index in [0.717, 1.165) is 0 Å². The van der Waals surface area contributed by atoms with E-state index >= 15 is 0 Å². The average molecular weight is 474 g/mol. The minimum atomic E-state index is -3.58. The molecule has 0 amide bonds. The number of carbonyl (C=O) groups excluding carboxylic acids is 4. The summed E-state index contributed by atoms with van der Waals surface area (Å²) in [5.41, 5.74) is 0. The van der Waals surface area contributed by atoms with Crippen molar-refractivity contribution in [2.45, 2.75) is 79.8 Å². The van der Waals surface area contributed by atoms with E-state index in [1.807, 2.05) is 0 Å². The summed E-state index contributed by atoms with van der Waals surface area (Å²) < 4.78 is 43.4. The average Bonchev–Trinajstić information content (AvgIpc) is 2.52. The van der Waals surface area contributed by atoms with Gasteiger partial charge in [0.2, 0.25) is 5.78 Å². The topological polar surface area (TPSA) is 163 Å². The third-order valence-electron chi connectivity index (χ3n) is 2.51. The van der Waals surface area contributed by atoms with E-state index in [0.29, 0.717) is 6.61 Å². The van der Waals surface area contributed by atoms with Crippen molar-refractivity contribution in [1.82, 2.24) is 0 Å². The fourth-order valence-electron chi connectivity index (χ4n) is 1.74. The monoisotopic (exact) mass is 474 g/mol. The van der Waals surface area contributed by atoms with Gasteiger partial charge < -0.3 is 18.9 Å². The standard InChI is InChI=1S/C12H22O5.C6H10O3.2H2O.O.Ti/c1-7-15-11(14)12(10(6)13,16-8(2)3)17-9(4)5;1-3-9-6(8)4-5(2)7;;;;/h8-9H,7H2,1-6H3;3-4H2,1-2H3;2*1H2;;/q;;;;;+2/p-2. The number of hydrogen-bond acceptors (Lipinski definition) is 9. The zero-order chi connectivity index (χ0) is 24.5. The van der Waals surface area contributed by atoms with Crippen LogP contribution >= 0.6 is 0 Å². The molecular formula is C18H34O11Ti. The first-order chi connectivity index (χ1) is 13.7. The van der Waals surface area contributed by atoms with Crippen LogP contribution in [0.2, 0.25) is 0 Å². The number of esters is 2. The van der Waals surface area contributed by atoms with Crippen LogP contribution in [-0.4, -0.2) is 62.1 Å². The maximum absolute atomic E-state index is 11.9. The minimum absolute atomic E-state index is 0.103. The van der Waals surface area contributed by atoms with Gasteiger partial charge in [-0.1, -0.05) is 0 Å². The molecule has 0 radical (unpaired) electrons. The molecule has 11 nitrogen and oxygen atoms in total. The van der Waals surface area contributed by atoms with Crippen LogP contribution in [0.1, 0.15) is 61.8 Å². The van der Waals surface area contributed by atoms with Gasteiger partial charge in [0.1, 0.15) is 12.2 Å². The summed E-state index contributed by atoms with van der Waals surface area (Å²) in [5.74, 6) is -3.86. The maximum atomic E-state index is 11.9. The Morgan fingerprint density at radius 2 is 1.23 bits per heavy atom. The van der Waals surface area contributed by atoms with E-state index in [4.69, 9.17) is 24.9 Å². The number of ketones is 2. The summed E-state index contributed by atoms with van der Waals surface area (Å²) >= 11 is -3.58. The van der Waals surface area contributed by atoms with Gasteiger partial charge in [-0.3, -0.25) is 14.4 Å². The van der Waals surface area contributed by atoms with Crippen LogP contribution in [0.25, 0.3) is 0 Å². The van der Waals surface area contributed by atoms with Gasteiger partial charge in [0.05, 0.1) is 25.4 Å². The predicted octanol–water partition coefficient (Wildman–Crippen LogP) is 0.978. The fraction of sp³-hybridized carbons (Fsp3) is 0.778.